The maximum atomic E-state index is 12.6. The maximum absolute atomic E-state index is 12.6. The number of aromatic nitrogens is 6. The predicted octanol–water partition coefficient (Wildman–Crippen LogP) is -1.35. The molecule has 28 nitrogen and oxygen atoms in total. The number of aliphatic hydroxyl groups is 3. The van der Waals surface area contributed by atoms with Gasteiger partial charge in [-0.1, -0.05) is 24.3 Å². The van der Waals surface area contributed by atoms with Crippen molar-refractivity contribution in [1.29, 1.82) is 0 Å². The average Bonchev–Trinajstić information content (AvgIpc) is 3.17. The van der Waals surface area contributed by atoms with Gasteiger partial charge < -0.3 is 46.7 Å². The van der Waals surface area contributed by atoms with E-state index in [2.05, 4.69) is 51.2 Å². The lowest BCUT2D eigenvalue weighted by atomic mass is 10.1. The van der Waals surface area contributed by atoms with E-state index in [0.717, 1.165) is 24.3 Å². The summed E-state index contributed by atoms with van der Waals surface area (Å²) in [6, 6.07) is 6.93. The summed E-state index contributed by atoms with van der Waals surface area (Å²) in [5.74, 6) is -3.63. The zero-order chi connectivity index (χ0) is 46.8. The highest BCUT2D eigenvalue weighted by molar-refractivity contribution is 7.86. The van der Waals surface area contributed by atoms with Crippen molar-refractivity contribution < 1.29 is 72.4 Å². The van der Waals surface area contributed by atoms with Gasteiger partial charge in [-0.3, -0.25) is 18.2 Å². The van der Waals surface area contributed by atoms with Gasteiger partial charge >= 0.3 is 0 Å². The Labute approximate surface area is 359 Å². The molecule has 0 aliphatic heterocycles. The molecule has 0 aliphatic rings. The van der Waals surface area contributed by atoms with Crippen LogP contribution in [0.15, 0.2) is 46.2 Å². The summed E-state index contributed by atoms with van der Waals surface area (Å²) in [6.45, 7) is -2.31. The molecule has 63 heavy (non-hydrogen) atoms. The summed E-state index contributed by atoms with van der Waals surface area (Å²) in [5, 5.41) is 48.7. The van der Waals surface area contributed by atoms with E-state index in [4.69, 9.17) is 9.11 Å². The number of anilines is 7. The van der Waals surface area contributed by atoms with Gasteiger partial charge in [0.15, 0.2) is 0 Å². The molecule has 2 atom stereocenters. The van der Waals surface area contributed by atoms with E-state index in [-0.39, 0.29) is 84.2 Å². The Morgan fingerprint density at radius 3 is 1.52 bits per heavy atom. The Kier molecular flexibility index (Phi) is 17.0. The summed E-state index contributed by atoms with van der Waals surface area (Å²) >= 11 is 0. The molecule has 0 saturated heterocycles. The first-order valence-electron chi connectivity index (χ1n) is 17.7. The van der Waals surface area contributed by atoms with Crippen LogP contribution in [0.1, 0.15) is 22.9 Å². The molecule has 346 valence electrons. The average molecular weight is 967 g/mol. The zero-order valence-corrected chi connectivity index (χ0v) is 35.8. The molecule has 2 unspecified atom stereocenters. The molecule has 0 aliphatic carbocycles. The number of hydrogen-bond donors (Lipinski definition) is 13. The van der Waals surface area contributed by atoms with Crippen LogP contribution in [0.2, 0.25) is 0 Å². The van der Waals surface area contributed by atoms with E-state index in [1.165, 1.54) is 36.2 Å². The predicted molar refractivity (Wildman–Crippen MR) is 223 cm³/mol. The second-order valence-electron chi connectivity index (χ2n) is 13.0. The van der Waals surface area contributed by atoms with Crippen LogP contribution in [-0.4, -0.2) is 166 Å². The molecule has 32 heteroatoms. The molecule has 2 aromatic carbocycles. The summed E-state index contributed by atoms with van der Waals surface area (Å²) in [6.07, 6.45) is 0.997. The van der Waals surface area contributed by atoms with Crippen LogP contribution in [0.5, 0.6) is 0 Å². The van der Waals surface area contributed by atoms with Gasteiger partial charge in [-0.05, 0) is 35.4 Å². The fraction of sp³-hybridized carbons (Fsp3) is 0.355. The maximum Gasteiger partial charge on any atom is 0.295 e. The third-order valence-electron chi connectivity index (χ3n) is 8.06. The highest BCUT2D eigenvalue weighted by atomic mass is 32.2. The lowest BCUT2D eigenvalue weighted by molar-refractivity contribution is 0.101. The normalized spacial score (nSPS) is 13.4. The van der Waals surface area contributed by atoms with Crippen molar-refractivity contribution in [3.63, 3.8) is 0 Å². The lowest BCUT2D eigenvalue weighted by Gasteiger charge is -2.20. The second kappa shape index (κ2) is 21.3. The van der Waals surface area contributed by atoms with Gasteiger partial charge in [0.05, 0.1) is 36.7 Å². The molecular weight excluding hydrogens is 925 g/mol. The SMILES string of the molecule is CN(CC(O)CO)c1nc(NCCS(=O)(=O)O)nc(Nc2ccc(C=Cc3ccc(Nc4nc(NCCS(=O)(=O)O)nc(C(CO)CNO)n4)cc3S(=O)(=O)O)c(S(=O)(=O)O)c2)n1. The third kappa shape index (κ3) is 16.1. The molecule has 2 aromatic heterocycles. The number of rotatable bonds is 24. The van der Waals surface area contributed by atoms with E-state index in [1.807, 2.05) is 5.48 Å². The lowest BCUT2D eigenvalue weighted by Crippen LogP contribution is -2.32. The van der Waals surface area contributed by atoms with Crippen LogP contribution < -0.4 is 31.6 Å². The van der Waals surface area contributed by atoms with Crippen molar-refractivity contribution in [1.82, 2.24) is 35.4 Å². The van der Waals surface area contributed by atoms with E-state index in [9.17, 15) is 63.3 Å². The van der Waals surface area contributed by atoms with Gasteiger partial charge in [0.25, 0.3) is 40.5 Å². The third-order valence-corrected chi connectivity index (χ3v) is 11.3. The van der Waals surface area contributed by atoms with Crippen LogP contribution >= 0.6 is 0 Å². The zero-order valence-electron chi connectivity index (χ0n) is 32.5. The topological polar surface area (TPSA) is 439 Å². The van der Waals surface area contributed by atoms with Crippen molar-refractivity contribution in [2.75, 3.05) is 84.1 Å². The Morgan fingerprint density at radius 2 is 1.10 bits per heavy atom. The Morgan fingerprint density at radius 1 is 0.651 bits per heavy atom. The fourth-order valence-corrected chi connectivity index (χ4v) is 7.29. The number of benzene rings is 2. The monoisotopic (exact) mass is 966 g/mol. The summed E-state index contributed by atoms with van der Waals surface area (Å²) in [5.41, 5.74) is 1.40. The number of nitrogens with one attached hydrogen (secondary N) is 5. The number of hydrogen-bond acceptors (Lipinski definition) is 24. The molecule has 0 saturated carbocycles. The fourth-order valence-electron chi connectivity index (χ4n) is 5.15. The van der Waals surface area contributed by atoms with E-state index in [0.29, 0.717) is 0 Å². The van der Waals surface area contributed by atoms with Gasteiger partial charge in [-0.25, -0.2) is 5.48 Å². The van der Waals surface area contributed by atoms with Crippen LogP contribution in [0.4, 0.5) is 41.1 Å². The molecule has 0 bridgehead atoms. The Bertz CT molecular complexity index is 2730. The van der Waals surface area contributed by atoms with Gasteiger partial charge in [0, 0.05) is 44.6 Å². The molecule has 0 amide bonds. The van der Waals surface area contributed by atoms with Gasteiger partial charge in [-0.2, -0.15) is 63.6 Å². The Hall–Kier alpha value is -5.36. The highest BCUT2D eigenvalue weighted by Gasteiger charge is 2.21. The summed E-state index contributed by atoms with van der Waals surface area (Å²) in [7, 11) is -17.3. The van der Waals surface area contributed by atoms with E-state index < -0.39 is 87.0 Å². The van der Waals surface area contributed by atoms with E-state index in [1.54, 1.807) is 0 Å². The molecule has 0 radical (unpaired) electrons. The minimum Gasteiger partial charge on any atom is -0.396 e. The molecule has 13 N–H and O–H groups in total. The molecule has 0 fully saturated rings. The number of nitrogens with zero attached hydrogens (tertiary/aromatic N) is 7. The van der Waals surface area contributed by atoms with Crippen LogP contribution in [-0.2, 0) is 40.5 Å². The van der Waals surface area contributed by atoms with Crippen LogP contribution in [0.25, 0.3) is 12.2 Å². The highest BCUT2D eigenvalue weighted by Crippen LogP contribution is 2.28. The standard InChI is InChI=1S/C31H42N12O16S4/c1-43(15-23(46)17-45)31-41-28(33-9-11-61(51,52)53)40-30(42-31)36-22-7-5-19(25(13-22)63(57,58)59)3-2-18-4-6-21(12-24(18)62(54,55)56)35-29-38-26(20(16-44)14-34-47)37-27(39-29)32-8-10-60(48,49)50/h2-7,12-13,20,23,34,44-47H,8-11,14-17H2,1H3,(H,48,49,50)(H,51,52,53)(H,54,55,56)(H,57,58,59)(H2,32,35,37,38,39)(H2,33,36,40,41,42). The molecule has 4 aromatic rings. The molecular formula is C31H42N12O16S4. The van der Waals surface area contributed by atoms with Crippen molar-refractivity contribution in [3.8, 4) is 0 Å². The first-order chi connectivity index (χ1) is 29.4. The first kappa shape index (κ1) is 50.3. The van der Waals surface area contributed by atoms with Gasteiger partial charge in [-0.15, -0.1) is 0 Å². The largest absolute Gasteiger partial charge is 0.396 e. The Balaban J connectivity index is 1.68. The summed E-state index contributed by atoms with van der Waals surface area (Å²) < 4.78 is 134. The quantitative estimate of drug-likeness (QED) is 0.0219. The van der Waals surface area contributed by atoms with Crippen molar-refractivity contribution in [2.45, 2.75) is 21.8 Å². The smallest absolute Gasteiger partial charge is 0.295 e. The van der Waals surface area contributed by atoms with Crippen molar-refractivity contribution in [3.05, 3.63) is 53.3 Å². The van der Waals surface area contributed by atoms with Crippen molar-refractivity contribution >= 4 is 93.7 Å². The second-order valence-corrected chi connectivity index (χ2v) is 19.0. The number of likely N-dealkylation sites (N-methyl/N-ethyl adjacent to an activating group) is 1. The molecule has 2 heterocycles. The first-order valence-corrected chi connectivity index (χ1v) is 23.8. The number of aliphatic hydroxyl groups excluding tert-OH is 3. The number of hydroxylamine groups is 1. The van der Waals surface area contributed by atoms with Crippen LogP contribution in [0.3, 0.4) is 0 Å². The molecule has 0 spiro atoms. The summed E-state index contributed by atoms with van der Waals surface area (Å²) in [4.78, 5) is 24.6. The van der Waals surface area contributed by atoms with Gasteiger partial charge in [0.2, 0.25) is 29.7 Å². The molecule has 4 rings (SSSR count). The van der Waals surface area contributed by atoms with Crippen molar-refractivity contribution in [2.24, 2.45) is 0 Å². The minimum absolute atomic E-state index is 0.0379. The van der Waals surface area contributed by atoms with E-state index >= 15 is 0 Å². The van der Waals surface area contributed by atoms with Crippen LogP contribution in [0, 0.1) is 0 Å². The minimum atomic E-state index is -5.01. The van der Waals surface area contributed by atoms with Gasteiger partial charge in [0.1, 0.15) is 15.6 Å².